The number of benzene rings is 1. The summed E-state index contributed by atoms with van der Waals surface area (Å²) in [4.78, 5) is 11.2. The van der Waals surface area contributed by atoms with Gasteiger partial charge < -0.3 is 11.1 Å². The van der Waals surface area contributed by atoms with Gasteiger partial charge in [0.15, 0.2) is 0 Å². The van der Waals surface area contributed by atoms with Gasteiger partial charge >= 0.3 is 0 Å². The number of hydrogen-bond acceptors (Lipinski definition) is 2. The zero-order valence-electron chi connectivity index (χ0n) is 12.4. The van der Waals surface area contributed by atoms with Crippen molar-refractivity contribution < 1.29 is 4.79 Å². The van der Waals surface area contributed by atoms with E-state index in [1.807, 2.05) is 18.2 Å². The van der Waals surface area contributed by atoms with E-state index in [0.717, 1.165) is 18.0 Å². The lowest BCUT2D eigenvalue weighted by atomic mass is 9.93. The maximum atomic E-state index is 11.2. The standard InChI is InChI=1S/C17H26N2O/c1-13(15-8-4-2-3-5-9-15)19-12-14-7-6-10-16(11-14)17(18)20/h6-7,10-11,13,15,19H,2-5,8-9,12H2,1H3,(H2,18,20)/t13-/m1/s1. The molecule has 0 aliphatic heterocycles. The molecular weight excluding hydrogens is 248 g/mol. The number of rotatable bonds is 5. The predicted octanol–water partition coefficient (Wildman–Crippen LogP) is 3.23. The summed E-state index contributed by atoms with van der Waals surface area (Å²) in [5.41, 5.74) is 7.03. The number of carbonyl (C=O) groups excluding carboxylic acids is 1. The molecule has 1 aliphatic rings. The number of primary amides is 1. The van der Waals surface area contributed by atoms with E-state index in [-0.39, 0.29) is 5.91 Å². The number of nitrogens with one attached hydrogen (secondary N) is 1. The highest BCUT2D eigenvalue weighted by Crippen LogP contribution is 2.25. The third kappa shape index (κ3) is 4.34. The van der Waals surface area contributed by atoms with Crippen LogP contribution < -0.4 is 11.1 Å². The smallest absolute Gasteiger partial charge is 0.248 e. The molecule has 3 nitrogen and oxygen atoms in total. The Hall–Kier alpha value is -1.35. The van der Waals surface area contributed by atoms with Crippen molar-refractivity contribution in [1.29, 1.82) is 0 Å². The first-order valence-electron chi connectivity index (χ1n) is 7.79. The van der Waals surface area contributed by atoms with Crippen molar-refractivity contribution in [3.05, 3.63) is 35.4 Å². The molecule has 0 spiro atoms. The molecule has 0 bridgehead atoms. The van der Waals surface area contributed by atoms with Gasteiger partial charge in [-0.2, -0.15) is 0 Å². The fourth-order valence-corrected chi connectivity index (χ4v) is 3.09. The minimum absolute atomic E-state index is 0.358. The SMILES string of the molecule is C[C@@H](NCc1cccc(C(N)=O)c1)C1CCCCCC1. The lowest BCUT2D eigenvalue weighted by Crippen LogP contribution is -2.33. The first-order valence-corrected chi connectivity index (χ1v) is 7.79. The third-order valence-electron chi connectivity index (χ3n) is 4.45. The molecular formula is C17H26N2O. The van der Waals surface area contributed by atoms with Crippen molar-refractivity contribution in [3.63, 3.8) is 0 Å². The van der Waals surface area contributed by atoms with Gasteiger partial charge in [-0.05, 0) is 43.4 Å². The minimum Gasteiger partial charge on any atom is -0.366 e. The van der Waals surface area contributed by atoms with Crippen LogP contribution in [0.2, 0.25) is 0 Å². The summed E-state index contributed by atoms with van der Waals surface area (Å²) in [6, 6.07) is 8.12. The molecule has 2 rings (SSSR count). The highest BCUT2D eigenvalue weighted by Gasteiger charge is 2.18. The summed E-state index contributed by atoms with van der Waals surface area (Å²) >= 11 is 0. The average Bonchev–Trinajstić information content (AvgIpc) is 2.74. The van der Waals surface area contributed by atoms with Gasteiger partial charge in [0.05, 0.1) is 0 Å². The zero-order chi connectivity index (χ0) is 14.4. The minimum atomic E-state index is -0.358. The summed E-state index contributed by atoms with van der Waals surface area (Å²) in [7, 11) is 0. The molecule has 1 fully saturated rings. The quantitative estimate of drug-likeness (QED) is 0.810. The van der Waals surface area contributed by atoms with Crippen LogP contribution in [0.25, 0.3) is 0 Å². The monoisotopic (exact) mass is 274 g/mol. The molecule has 1 aromatic rings. The van der Waals surface area contributed by atoms with Gasteiger partial charge in [-0.15, -0.1) is 0 Å². The Bertz CT molecular complexity index is 436. The van der Waals surface area contributed by atoms with Crippen molar-refractivity contribution in [1.82, 2.24) is 5.32 Å². The average molecular weight is 274 g/mol. The number of carbonyl (C=O) groups is 1. The zero-order valence-corrected chi connectivity index (χ0v) is 12.4. The van der Waals surface area contributed by atoms with E-state index in [1.165, 1.54) is 38.5 Å². The second-order valence-electron chi connectivity index (χ2n) is 5.99. The van der Waals surface area contributed by atoms with Crippen molar-refractivity contribution in [3.8, 4) is 0 Å². The van der Waals surface area contributed by atoms with E-state index in [4.69, 9.17) is 5.73 Å². The van der Waals surface area contributed by atoms with Crippen molar-refractivity contribution >= 4 is 5.91 Å². The van der Waals surface area contributed by atoms with E-state index in [9.17, 15) is 4.79 Å². The van der Waals surface area contributed by atoms with Gasteiger partial charge in [0.1, 0.15) is 0 Å². The first-order chi connectivity index (χ1) is 9.66. The Morgan fingerprint density at radius 1 is 1.30 bits per heavy atom. The van der Waals surface area contributed by atoms with E-state index in [2.05, 4.69) is 12.2 Å². The summed E-state index contributed by atoms with van der Waals surface area (Å²) in [6.07, 6.45) is 8.21. The third-order valence-corrected chi connectivity index (χ3v) is 4.45. The van der Waals surface area contributed by atoms with Crippen LogP contribution >= 0.6 is 0 Å². The highest BCUT2D eigenvalue weighted by atomic mass is 16.1. The first kappa shape index (κ1) is 15.0. The Balaban J connectivity index is 1.87. The number of amides is 1. The Morgan fingerprint density at radius 3 is 2.65 bits per heavy atom. The van der Waals surface area contributed by atoms with E-state index >= 15 is 0 Å². The van der Waals surface area contributed by atoms with Gasteiger partial charge in [-0.1, -0.05) is 37.8 Å². The molecule has 0 radical (unpaired) electrons. The molecule has 1 atom stereocenters. The maximum Gasteiger partial charge on any atom is 0.248 e. The second kappa shape index (κ2) is 7.44. The predicted molar refractivity (Wildman–Crippen MR) is 82.5 cm³/mol. The molecule has 1 aliphatic carbocycles. The van der Waals surface area contributed by atoms with Crippen LogP contribution in [0, 0.1) is 5.92 Å². The molecule has 1 amide bonds. The van der Waals surface area contributed by atoms with Crippen LogP contribution in [0.15, 0.2) is 24.3 Å². The van der Waals surface area contributed by atoms with Gasteiger partial charge in [0.25, 0.3) is 0 Å². The van der Waals surface area contributed by atoms with E-state index < -0.39 is 0 Å². The van der Waals surface area contributed by atoms with Crippen LogP contribution in [0.3, 0.4) is 0 Å². The summed E-state index contributed by atoms with van der Waals surface area (Å²) in [6.45, 7) is 3.09. The Labute approximate surface area is 121 Å². The molecule has 0 heterocycles. The number of nitrogens with two attached hydrogens (primary N) is 1. The molecule has 0 saturated heterocycles. The molecule has 0 aromatic heterocycles. The molecule has 3 N–H and O–H groups in total. The lowest BCUT2D eigenvalue weighted by Gasteiger charge is -2.23. The molecule has 1 aromatic carbocycles. The summed E-state index contributed by atoms with van der Waals surface area (Å²) < 4.78 is 0. The number of hydrogen-bond donors (Lipinski definition) is 2. The molecule has 0 unspecified atom stereocenters. The van der Waals surface area contributed by atoms with Crippen molar-refractivity contribution in [2.24, 2.45) is 11.7 Å². The summed E-state index contributed by atoms with van der Waals surface area (Å²) in [5, 5.41) is 3.61. The van der Waals surface area contributed by atoms with Crippen LogP contribution in [0.4, 0.5) is 0 Å². The van der Waals surface area contributed by atoms with E-state index in [0.29, 0.717) is 11.6 Å². The lowest BCUT2D eigenvalue weighted by molar-refractivity contribution is 0.1000. The van der Waals surface area contributed by atoms with Crippen molar-refractivity contribution in [2.75, 3.05) is 0 Å². The Morgan fingerprint density at radius 2 is 2.00 bits per heavy atom. The second-order valence-corrected chi connectivity index (χ2v) is 5.99. The van der Waals surface area contributed by atoms with Crippen LogP contribution in [0.5, 0.6) is 0 Å². The van der Waals surface area contributed by atoms with Gasteiger partial charge in [-0.25, -0.2) is 0 Å². The fourth-order valence-electron chi connectivity index (χ4n) is 3.09. The van der Waals surface area contributed by atoms with Crippen LogP contribution in [0.1, 0.15) is 61.4 Å². The molecule has 110 valence electrons. The van der Waals surface area contributed by atoms with Crippen LogP contribution in [-0.4, -0.2) is 11.9 Å². The maximum absolute atomic E-state index is 11.2. The van der Waals surface area contributed by atoms with Gasteiger partial charge in [0, 0.05) is 18.2 Å². The van der Waals surface area contributed by atoms with Gasteiger partial charge in [-0.3, -0.25) is 4.79 Å². The van der Waals surface area contributed by atoms with E-state index in [1.54, 1.807) is 6.07 Å². The van der Waals surface area contributed by atoms with Gasteiger partial charge in [0.2, 0.25) is 5.91 Å². The fraction of sp³-hybridized carbons (Fsp3) is 0.588. The molecule has 3 heteroatoms. The summed E-state index contributed by atoms with van der Waals surface area (Å²) in [5.74, 6) is 0.431. The van der Waals surface area contributed by atoms with Crippen molar-refractivity contribution in [2.45, 2.75) is 58.0 Å². The normalized spacial score (nSPS) is 18.4. The van der Waals surface area contributed by atoms with Crippen LogP contribution in [-0.2, 0) is 6.54 Å². The topological polar surface area (TPSA) is 55.1 Å². The molecule has 20 heavy (non-hydrogen) atoms. The highest BCUT2D eigenvalue weighted by molar-refractivity contribution is 5.92. The largest absolute Gasteiger partial charge is 0.366 e. The Kier molecular flexibility index (Phi) is 5.60. The molecule has 1 saturated carbocycles.